The number of carboxylic acids is 1. The number of benzene rings is 2. The molecule has 0 radical (unpaired) electrons. The second-order valence-electron chi connectivity index (χ2n) is 10.2. The molecule has 2 N–H and O–H groups in total. The molecule has 3 fully saturated rings. The van der Waals surface area contributed by atoms with Gasteiger partial charge in [-0.3, -0.25) is 14.4 Å². The second-order valence-corrected chi connectivity index (χ2v) is 11.4. The maximum Gasteiger partial charge on any atom is 0.310 e. The molecular weight excluding hydrogens is 568 g/mol. The first kappa shape index (κ1) is 27.4. The van der Waals surface area contributed by atoms with Crippen molar-refractivity contribution in [2.45, 2.75) is 41.5 Å². The summed E-state index contributed by atoms with van der Waals surface area (Å²) in [6.07, 6.45) is 1.42. The Balaban J connectivity index is 1.61. The molecule has 2 amide bonds. The monoisotopic (exact) mass is 598 g/mol. The van der Waals surface area contributed by atoms with Crippen LogP contribution in [0.3, 0.4) is 0 Å². The maximum absolute atomic E-state index is 14.6. The number of aliphatic hydroxyl groups excluding tert-OH is 1. The number of alkyl halides is 1. The van der Waals surface area contributed by atoms with Crippen LogP contribution in [0.25, 0.3) is 0 Å². The number of methoxy groups -OCH3 is 1. The highest BCUT2D eigenvalue weighted by molar-refractivity contribution is 9.09. The van der Waals surface area contributed by atoms with E-state index in [2.05, 4.69) is 22.5 Å². The van der Waals surface area contributed by atoms with Gasteiger partial charge in [0.25, 0.3) is 5.91 Å². The predicted octanol–water partition coefficient (Wildman–Crippen LogP) is 2.65. The SMILES string of the molecule is C=CCN(C(=O)C1N([C@@H](CO)Cc2ccccc2)C(=O)[C@@H]2[C@H](C(=O)O)[C@H]3OC12CC3Br)c1ccc(OC)cc1. The summed E-state index contributed by atoms with van der Waals surface area (Å²) in [5, 5.41) is 20.7. The molecule has 0 aromatic heterocycles. The largest absolute Gasteiger partial charge is 0.497 e. The molecule has 0 aliphatic carbocycles. The van der Waals surface area contributed by atoms with Gasteiger partial charge in [-0.25, -0.2) is 0 Å². The number of nitrogens with zero attached hydrogens (tertiary/aromatic N) is 2. The molecule has 0 saturated carbocycles. The van der Waals surface area contributed by atoms with Crippen LogP contribution in [0.15, 0.2) is 67.3 Å². The van der Waals surface area contributed by atoms with E-state index in [4.69, 9.17) is 9.47 Å². The highest BCUT2D eigenvalue weighted by atomic mass is 79.9. The summed E-state index contributed by atoms with van der Waals surface area (Å²) in [7, 11) is 1.55. The zero-order valence-corrected chi connectivity index (χ0v) is 23.1. The molecule has 206 valence electrons. The molecule has 9 nitrogen and oxygen atoms in total. The average Bonchev–Trinajstić information content (AvgIpc) is 3.54. The molecule has 3 heterocycles. The minimum Gasteiger partial charge on any atom is -0.497 e. The zero-order valence-electron chi connectivity index (χ0n) is 21.5. The van der Waals surface area contributed by atoms with Crippen LogP contribution in [-0.2, 0) is 25.5 Å². The predicted molar refractivity (Wildman–Crippen MR) is 147 cm³/mol. The van der Waals surface area contributed by atoms with Crippen molar-refractivity contribution in [3.05, 3.63) is 72.8 Å². The molecular formula is C29H31BrN2O7. The van der Waals surface area contributed by atoms with Gasteiger partial charge in [0.1, 0.15) is 17.4 Å². The molecule has 2 bridgehead atoms. The van der Waals surface area contributed by atoms with Crippen molar-refractivity contribution in [1.29, 1.82) is 0 Å². The van der Waals surface area contributed by atoms with Gasteiger partial charge in [-0.1, -0.05) is 52.3 Å². The average molecular weight is 599 g/mol. The zero-order chi connectivity index (χ0) is 27.9. The second kappa shape index (κ2) is 10.7. The van der Waals surface area contributed by atoms with Gasteiger partial charge in [0.15, 0.2) is 0 Å². The van der Waals surface area contributed by atoms with Crippen molar-refractivity contribution < 1.29 is 34.1 Å². The fourth-order valence-electron chi connectivity index (χ4n) is 6.52. The van der Waals surface area contributed by atoms with Gasteiger partial charge < -0.3 is 29.5 Å². The summed E-state index contributed by atoms with van der Waals surface area (Å²) in [5.41, 5.74) is 0.0855. The lowest BCUT2D eigenvalue weighted by Gasteiger charge is -2.39. The van der Waals surface area contributed by atoms with E-state index in [0.717, 1.165) is 5.56 Å². The Morgan fingerprint density at radius 1 is 1.26 bits per heavy atom. The smallest absolute Gasteiger partial charge is 0.310 e. The fourth-order valence-corrected chi connectivity index (χ4v) is 7.46. The molecule has 3 aliphatic heterocycles. The Bertz CT molecular complexity index is 1260. The van der Waals surface area contributed by atoms with Gasteiger partial charge in [0.2, 0.25) is 5.91 Å². The summed E-state index contributed by atoms with van der Waals surface area (Å²) in [6.45, 7) is 3.56. The molecule has 3 unspecified atom stereocenters. The summed E-state index contributed by atoms with van der Waals surface area (Å²) in [4.78, 5) is 43.7. The van der Waals surface area contributed by atoms with E-state index in [0.29, 0.717) is 24.3 Å². The van der Waals surface area contributed by atoms with Gasteiger partial charge in [-0.15, -0.1) is 6.58 Å². The summed E-state index contributed by atoms with van der Waals surface area (Å²) in [6, 6.07) is 14.4. The fraction of sp³-hybridized carbons (Fsp3) is 0.414. The van der Waals surface area contributed by atoms with Gasteiger partial charge in [0.05, 0.1) is 37.7 Å². The Hall–Kier alpha value is -3.21. The van der Waals surface area contributed by atoms with Crippen molar-refractivity contribution >= 4 is 39.4 Å². The van der Waals surface area contributed by atoms with Gasteiger partial charge in [-0.2, -0.15) is 0 Å². The lowest BCUT2D eigenvalue weighted by Crippen LogP contribution is -2.59. The lowest BCUT2D eigenvalue weighted by molar-refractivity contribution is -0.150. The highest BCUT2D eigenvalue weighted by Crippen LogP contribution is 2.60. The molecule has 10 heteroatoms. The summed E-state index contributed by atoms with van der Waals surface area (Å²) >= 11 is 3.57. The maximum atomic E-state index is 14.6. The Labute approximate surface area is 235 Å². The van der Waals surface area contributed by atoms with E-state index in [1.165, 1.54) is 9.80 Å². The van der Waals surface area contributed by atoms with E-state index in [1.54, 1.807) is 37.5 Å². The standard InChI is InChI=1S/C29H31BrN2O7/c1-3-13-31(18-9-11-20(38-2)12-10-18)27(35)25-29-15-21(30)24(39-29)22(28(36)37)23(29)26(34)32(25)19(16-33)14-17-7-5-4-6-8-17/h3-12,19,21-25,33H,1,13-16H2,2H3,(H,36,37)/t19-,21?,22+,23+,24+,25?,29?/m1/s1. The van der Waals surface area contributed by atoms with Crippen LogP contribution in [0.2, 0.25) is 0 Å². The molecule has 7 atom stereocenters. The normalized spacial score (nSPS) is 29.7. The molecule has 3 aliphatic rings. The van der Waals surface area contributed by atoms with Crippen molar-refractivity contribution in [1.82, 2.24) is 4.90 Å². The third-order valence-corrected chi connectivity index (χ3v) is 8.97. The van der Waals surface area contributed by atoms with Crippen molar-refractivity contribution in [2.24, 2.45) is 11.8 Å². The first-order valence-electron chi connectivity index (χ1n) is 12.8. The van der Waals surface area contributed by atoms with Gasteiger partial charge >= 0.3 is 5.97 Å². The number of carbonyl (C=O) groups is 3. The molecule has 1 spiro atoms. The van der Waals surface area contributed by atoms with Gasteiger partial charge in [0, 0.05) is 17.1 Å². The van der Waals surface area contributed by atoms with E-state index in [9.17, 15) is 24.6 Å². The third kappa shape index (κ3) is 4.44. The van der Waals surface area contributed by atoms with Crippen LogP contribution in [0.4, 0.5) is 5.69 Å². The molecule has 3 saturated heterocycles. The van der Waals surface area contributed by atoms with Crippen molar-refractivity contribution in [3.8, 4) is 5.75 Å². The third-order valence-electron chi connectivity index (χ3n) is 8.13. The van der Waals surface area contributed by atoms with Crippen LogP contribution >= 0.6 is 15.9 Å². The highest BCUT2D eigenvalue weighted by Gasteiger charge is 2.77. The molecule has 39 heavy (non-hydrogen) atoms. The van der Waals surface area contributed by atoms with Crippen molar-refractivity contribution in [3.63, 3.8) is 0 Å². The minimum atomic E-state index is -1.36. The number of hydrogen-bond acceptors (Lipinski definition) is 6. The molecule has 2 aromatic rings. The van der Waals surface area contributed by atoms with E-state index < -0.39 is 60.0 Å². The van der Waals surface area contributed by atoms with Crippen LogP contribution < -0.4 is 9.64 Å². The number of halogens is 1. The van der Waals surface area contributed by atoms with Crippen LogP contribution in [0.1, 0.15) is 12.0 Å². The van der Waals surface area contributed by atoms with E-state index in [-0.39, 0.29) is 11.4 Å². The quantitative estimate of drug-likeness (QED) is 0.319. The summed E-state index contributed by atoms with van der Waals surface area (Å²) in [5.74, 6) is -3.58. The number of aliphatic hydroxyl groups is 1. The number of anilines is 1. The van der Waals surface area contributed by atoms with E-state index in [1.807, 2.05) is 30.3 Å². The topological polar surface area (TPSA) is 117 Å². The number of likely N-dealkylation sites (tertiary alicyclic amines) is 1. The molecule has 5 rings (SSSR count). The first-order valence-corrected chi connectivity index (χ1v) is 13.8. The Morgan fingerprint density at radius 2 is 1.95 bits per heavy atom. The van der Waals surface area contributed by atoms with Crippen LogP contribution in [0, 0.1) is 11.8 Å². The number of hydrogen-bond donors (Lipinski definition) is 2. The number of amides is 2. The Kier molecular flexibility index (Phi) is 7.54. The number of fused-ring (bicyclic) bond motifs is 1. The lowest BCUT2D eigenvalue weighted by atomic mass is 9.70. The molecule has 2 aromatic carbocycles. The number of ether oxygens (including phenoxy) is 2. The number of rotatable bonds is 10. The number of aliphatic carboxylic acids is 1. The number of carboxylic acid groups (broad SMARTS) is 1. The van der Waals surface area contributed by atoms with Crippen LogP contribution in [0.5, 0.6) is 5.75 Å². The minimum absolute atomic E-state index is 0.149. The summed E-state index contributed by atoms with van der Waals surface area (Å²) < 4.78 is 11.6. The van der Waals surface area contributed by atoms with Gasteiger partial charge in [-0.05, 0) is 42.7 Å². The first-order chi connectivity index (χ1) is 18.8. The van der Waals surface area contributed by atoms with Crippen molar-refractivity contribution in [2.75, 3.05) is 25.2 Å². The van der Waals surface area contributed by atoms with Crippen LogP contribution in [-0.4, -0.2) is 81.8 Å². The number of carbonyl (C=O) groups excluding carboxylic acids is 2. The van der Waals surface area contributed by atoms with E-state index >= 15 is 0 Å². The Morgan fingerprint density at radius 3 is 2.54 bits per heavy atom.